The zero-order valence-electron chi connectivity index (χ0n) is 18.9. The van der Waals surface area contributed by atoms with Crippen LogP contribution in [-0.4, -0.2) is 72.4 Å². The molecule has 31 heavy (non-hydrogen) atoms. The Labute approximate surface area is 186 Å². The lowest BCUT2D eigenvalue weighted by Gasteiger charge is -2.37. The average Bonchev–Trinajstić information content (AvgIpc) is 3.28. The summed E-state index contributed by atoms with van der Waals surface area (Å²) in [6.45, 7) is 8.11. The van der Waals surface area contributed by atoms with Crippen LogP contribution in [0.2, 0.25) is 0 Å². The van der Waals surface area contributed by atoms with Gasteiger partial charge in [0.05, 0.1) is 19.1 Å². The molecule has 3 aliphatic rings. The summed E-state index contributed by atoms with van der Waals surface area (Å²) in [5, 5.41) is 12.8. The van der Waals surface area contributed by atoms with Crippen molar-refractivity contribution in [3.8, 4) is 5.75 Å². The van der Waals surface area contributed by atoms with Crippen LogP contribution < -0.4 is 15.0 Å². The van der Waals surface area contributed by atoms with Gasteiger partial charge in [0.1, 0.15) is 11.6 Å². The molecule has 2 aliphatic heterocycles. The number of rotatable bonds is 8. The third-order valence-corrected chi connectivity index (χ3v) is 7.23. The number of piperazine rings is 1. The predicted octanol–water partition coefficient (Wildman–Crippen LogP) is 2.36. The van der Waals surface area contributed by atoms with Gasteiger partial charge < -0.3 is 20.1 Å². The molecule has 3 heterocycles. The van der Waals surface area contributed by atoms with E-state index in [4.69, 9.17) is 4.74 Å². The van der Waals surface area contributed by atoms with E-state index >= 15 is 0 Å². The van der Waals surface area contributed by atoms with Crippen molar-refractivity contribution < 1.29 is 14.6 Å². The van der Waals surface area contributed by atoms with Crippen molar-refractivity contribution in [1.29, 1.82) is 0 Å². The first kappa shape index (κ1) is 22.3. The summed E-state index contributed by atoms with van der Waals surface area (Å²) in [6.07, 6.45) is 8.98. The molecule has 0 unspecified atom stereocenters. The first-order valence-electron chi connectivity index (χ1n) is 12.2. The lowest BCUT2D eigenvalue weighted by molar-refractivity contribution is -0.124. The molecule has 4 rings (SSSR count). The lowest BCUT2D eigenvalue weighted by atomic mass is 9.84. The topological polar surface area (TPSA) is 77.9 Å². The zero-order valence-corrected chi connectivity index (χ0v) is 18.9. The van der Waals surface area contributed by atoms with Gasteiger partial charge in [0.2, 0.25) is 5.91 Å². The molecule has 7 heteroatoms. The summed E-state index contributed by atoms with van der Waals surface area (Å²) in [4.78, 5) is 21.7. The van der Waals surface area contributed by atoms with E-state index in [0.717, 1.165) is 69.5 Å². The van der Waals surface area contributed by atoms with E-state index < -0.39 is 6.10 Å². The van der Waals surface area contributed by atoms with E-state index in [1.165, 1.54) is 31.4 Å². The molecule has 1 aromatic rings. The Kier molecular flexibility index (Phi) is 7.67. The van der Waals surface area contributed by atoms with Crippen molar-refractivity contribution in [2.75, 3.05) is 44.2 Å². The summed E-state index contributed by atoms with van der Waals surface area (Å²) in [6, 6.07) is 2.27. The number of nitrogens with zero attached hydrogens (tertiary/aromatic N) is 3. The van der Waals surface area contributed by atoms with Gasteiger partial charge in [-0.3, -0.25) is 9.69 Å². The third kappa shape index (κ3) is 5.89. The monoisotopic (exact) mass is 430 g/mol. The van der Waals surface area contributed by atoms with Gasteiger partial charge in [0.25, 0.3) is 0 Å². The van der Waals surface area contributed by atoms with Gasteiger partial charge in [-0.2, -0.15) is 0 Å². The van der Waals surface area contributed by atoms with Crippen molar-refractivity contribution in [3.05, 3.63) is 17.8 Å². The minimum atomic E-state index is -0.510. The van der Waals surface area contributed by atoms with Crippen LogP contribution >= 0.6 is 0 Å². The number of aliphatic hydroxyl groups excluding tert-OH is 1. The van der Waals surface area contributed by atoms with Gasteiger partial charge in [-0.05, 0) is 57.1 Å². The number of ether oxygens (including phenoxy) is 1. The van der Waals surface area contributed by atoms with Gasteiger partial charge in [-0.25, -0.2) is 4.98 Å². The highest BCUT2D eigenvalue weighted by atomic mass is 16.5. The van der Waals surface area contributed by atoms with Crippen LogP contribution in [0.1, 0.15) is 57.4 Å². The highest BCUT2D eigenvalue weighted by molar-refractivity contribution is 5.76. The number of hydrogen-bond donors (Lipinski definition) is 2. The number of nitrogens with one attached hydrogen (secondary N) is 1. The molecule has 0 radical (unpaired) electrons. The Morgan fingerprint density at radius 1 is 1.26 bits per heavy atom. The van der Waals surface area contributed by atoms with Crippen molar-refractivity contribution in [2.45, 2.75) is 70.4 Å². The Morgan fingerprint density at radius 2 is 2.03 bits per heavy atom. The molecule has 1 amide bonds. The van der Waals surface area contributed by atoms with E-state index in [2.05, 4.69) is 20.1 Å². The smallest absolute Gasteiger partial charge is 0.222 e. The maximum atomic E-state index is 12.0. The quantitative estimate of drug-likeness (QED) is 0.659. The van der Waals surface area contributed by atoms with E-state index in [1.54, 1.807) is 0 Å². The fraction of sp³-hybridized carbons (Fsp3) is 0.750. The normalized spacial score (nSPS) is 25.0. The van der Waals surface area contributed by atoms with Crippen molar-refractivity contribution in [2.24, 2.45) is 5.92 Å². The molecule has 1 saturated carbocycles. The molecule has 1 aliphatic carbocycles. The molecule has 2 N–H and O–H groups in total. The second-order valence-corrected chi connectivity index (χ2v) is 9.38. The molecule has 1 aromatic heterocycles. The Balaban J connectivity index is 1.14. The van der Waals surface area contributed by atoms with Gasteiger partial charge in [-0.1, -0.05) is 6.92 Å². The van der Waals surface area contributed by atoms with Crippen molar-refractivity contribution in [1.82, 2.24) is 15.2 Å². The van der Waals surface area contributed by atoms with E-state index in [9.17, 15) is 9.90 Å². The molecule has 1 saturated heterocycles. The van der Waals surface area contributed by atoms with Crippen LogP contribution in [-0.2, 0) is 11.2 Å². The number of aromatic nitrogens is 1. The minimum absolute atomic E-state index is 0.000724. The second kappa shape index (κ2) is 10.6. The number of amides is 1. The fourth-order valence-corrected chi connectivity index (χ4v) is 5.16. The Morgan fingerprint density at radius 3 is 2.77 bits per heavy atom. The summed E-state index contributed by atoms with van der Waals surface area (Å²) < 4.78 is 5.70. The van der Waals surface area contributed by atoms with Crippen molar-refractivity contribution >= 4 is 11.7 Å². The van der Waals surface area contributed by atoms with Crippen LogP contribution in [0.4, 0.5) is 5.82 Å². The average molecular weight is 431 g/mol. The summed E-state index contributed by atoms with van der Waals surface area (Å²) >= 11 is 0. The number of carbonyl (C=O) groups excluding carboxylic acids is 1. The predicted molar refractivity (Wildman–Crippen MR) is 122 cm³/mol. The largest absolute Gasteiger partial charge is 0.493 e. The molecule has 1 atom stereocenters. The number of aliphatic hydroxyl groups is 1. The summed E-state index contributed by atoms with van der Waals surface area (Å²) in [5.74, 6) is 2.91. The Hall–Kier alpha value is -1.86. The number of hydrogen-bond acceptors (Lipinski definition) is 6. The maximum absolute atomic E-state index is 12.0. The highest BCUT2D eigenvalue weighted by Crippen LogP contribution is 2.32. The van der Waals surface area contributed by atoms with Crippen LogP contribution in [0.5, 0.6) is 5.75 Å². The molecule has 2 fully saturated rings. The summed E-state index contributed by atoms with van der Waals surface area (Å²) in [7, 11) is 0. The number of pyridine rings is 1. The SMILES string of the molecule is CC[C@@H](O)CC(=O)NC1CCC(CCN2CCN(c3nccc4c3CCO4)CC2)CC1. The molecule has 7 nitrogen and oxygen atoms in total. The number of fused-ring (bicyclic) bond motifs is 1. The van der Waals surface area contributed by atoms with Gasteiger partial charge in [0.15, 0.2) is 0 Å². The van der Waals surface area contributed by atoms with Crippen LogP contribution in [0.25, 0.3) is 0 Å². The summed E-state index contributed by atoms with van der Waals surface area (Å²) in [5.41, 5.74) is 1.28. The van der Waals surface area contributed by atoms with Gasteiger partial charge in [0, 0.05) is 50.4 Å². The van der Waals surface area contributed by atoms with Crippen LogP contribution in [0.3, 0.4) is 0 Å². The fourth-order valence-electron chi connectivity index (χ4n) is 5.16. The van der Waals surface area contributed by atoms with Crippen LogP contribution in [0, 0.1) is 5.92 Å². The highest BCUT2D eigenvalue weighted by Gasteiger charge is 2.26. The molecular weight excluding hydrogens is 392 g/mol. The molecular formula is C24H38N4O3. The first-order chi connectivity index (χ1) is 15.1. The Bertz CT molecular complexity index is 728. The van der Waals surface area contributed by atoms with Crippen molar-refractivity contribution in [3.63, 3.8) is 0 Å². The first-order valence-corrected chi connectivity index (χ1v) is 12.2. The van der Waals surface area contributed by atoms with Gasteiger partial charge in [-0.15, -0.1) is 0 Å². The van der Waals surface area contributed by atoms with E-state index in [-0.39, 0.29) is 12.3 Å². The number of anilines is 1. The van der Waals surface area contributed by atoms with E-state index in [1.807, 2.05) is 19.2 Å². The standard InChI is InChI=1S/C24H38N4O3/c1-2-20(29)17-23(30)26-19-5-3-18(4-6-19)8-11-27-12-14-28(15-13-27)24-21-9-16-31-22(21)7-10-25-24/h7,10,18-20,29H,2-6,8-9,11-17H2,1H3,(H,26,30)/t18?,19?,20-/m1/s1. The molecule has 172 valence electrons. The van der Waals surface area contributed by atoms with Gasteiger partial charge >= 0.3 is 0 Å². The minimum Gasteiger partial charge on any atom is -0.493 e. The molecule has 0 spiro atoms. The van der Waals surface area contributed by atoms with Crippen LogP contribution in [0.15, 0.2) is 12.3 Å². The number of carbonyl (C=O) groups is 1. The third-order valence-electron chi connectivity index (χ3n) is 7.23. The lowest BCUT2D eigenvalue weighted by Crippen LogP contribution is -2.47. The molecule has 0 bridgehead atoms. The second-order valence-electron chi connectivity index (χ2n) is 9.38. The van der Waals surface area contributed by atoms with E-state index in [0.29, 0.717) is 12.5 Å². The zero-order chi connectivity index (χ0) is 21.6. The maximum Gasteiger partial charge on any atom is 0.222 e. The molecule has 0 aromatic carbocycles.